The van der Waals surface area contributed by atoms with Crippen molar-refractivity contribution in [1.29, 1.82) is 0 Å². The average molecular weight is 414 g/mol. The molecule has 106 valence electrons. The molecular weight excluding hydrogens is 388 g/mol. The molecule has 0 atom stereocenters. The summed E-state index contributed by atoms with van der Waals surface area (Å²) in [6, 6.07) is 0. The fourth-order valence-corrected chi connectivity index (χ4v) is 0. The number of allylic oxidation sites excluding steroid dienone is 2. The Kier molecular flexibility index (Phi) is 191. The molecule has 0 aliphatic rings. The summed E-state index contributed by atoms with van der Waals surface area (Å²) in [7, 11) is 9.35. The van der Waals surface area contributed by atoms with Gasteiger partial charge in [0.25, 0.3) is 0 Å². The summed E-state index contributed by atoms with van der Waals surface area (Å²) < 4.78 is 0. The second-order valence-electron chi connectivity index (χ2n) is 1.61. The maximum absolute atomic E-state index is 9.16. The van der Waals surface area contributed by atoms with E-state index in [0.717, 1.165) is 6.42 Å². The zero-order chi connectivity index (χ0) is 11.3. The van der Waals surface area contributed by atoms with Crippen LogP contribution < -0.4 is 0 Å². The molecule has 0 fully saturated rings. The third-order valence-electron chi connectivity index (χ3n) is 0.262. The number of hydrogen-bond donors (Lipinski definition) is 0. The molecule has 0 N–H and O–H groups in total. The standard InChI is InChI=1S/2C3H2BO.C3H6.4CH4.2Y/c2*1-3(4)2-5;1-3-2;;;;;;/h2*1H2;1-3H2;4*1H4;;/q2*-1;-2;;;;;;. The van der Waals surface area contributed by atoms with Gasteiger partial charge in [0.2, 0.25) is 0 Å². The van der Waals surface area contributed by atoms with Crippen LogP contribution in [0.25, 0.3) is 0 Å². The predicted octanol–water partition coefficient (Wildman–Crippen LogP) is 3.14. The summed E-state index contributed by atoms with van der Waals surface area (Å²) >= 11 is 0. The minimum absolute atomic E-state index is 0. The van der Waals surface area contributed by atoms with E-state index in [0.29, 0.717) is 0 Å². The van der Waals surface area contributed by atoms with Gasteiger partial charge in [-0.05, 0) is 12.6 Å². The van der Waals surface area contributed by atoms with Crippen molar-refractivity contribution >= 4 is 28.3 Å². The summed E-state index contributed by atoms with van der Waals surface area (Å²) in [6.07, 6.45) is 3.47. The molecule has 0 amide bonds. The Morgan fingerprint density at radius 2 is 0.895 bits per heavy atom. The van der Waals surface area contributed by atoms with Gasteiger partial charge in [-0.25, -0.2) is 24.1 Å². The van der Waals surface area contributed by atoms with Crippen LogP contribution in [-0.4, -0.2) is 28.3 Å². The van der Waals surface area contributed by atoms with Gasteiger partial charge in [-0.1, -0.05) is 29.7 Å². The van der Waals surface area contributed by atoms with E-state index in [9.17, 15) is 0 Å². The number of hydrogen-bond acceptors (Lipinski definition) is 2. The molecule has 0 aromatic carbocycles. The predicted molar refractivity (Wildman–Crippen MR) is 83.4 cm³/mol. The van der Waals surface area contributed by atoms with Gasteiger partial charge in [0.05, 0.1) is 15.7 Å². The van der Waals surface area contributed by atoms with Crippen molar-refractivity contribution in [3.05, 3.63) is 38.0 Å². The third kappa shape index (κ3) is 212. The summed E-state index contributed by atoms with van der Waals surface area (Å²) in [5.74, 6) is 0. The van der Waals surface area contributed by atoms with Crippen LogP contribution >= 0.6 is 0 Å². The Balaban J connectivity index is -0.00000000995. The van der Waals surface area contributed by atoms with Crippen molar-refractivity contribution in [1.82, 2.24) is 0 Å². The average Bonchev–Trinajstić information content (AvgIpc) is 2.07. The largest absolute Gasteiger partial charge is 0.419 e. The van der Waals surface area contributed by atoms with Crippen molar-refractivity contribution in [3.63, 3.8) is 0 Å². The molecule has 0 saturated carbocycles. The fraction of sp³-hybridized carbons (Fsp3) is 0.385. The molecule has 0 rings (SSSR count). The first-order valence-corrected chi connectivity index (χ1v) is 3.19. The Morgan fingerprint density at radius 3 is 0.895 bits per heavy atom. The molecule has 0 saturated heterocycles. The first-order valence-electron chi connectivity index (χ1n) is 3.19. The molecule has 0 bridgehead atoms. The van der Waals surface area contributed by atoms with Crippen LogP contribution in [0.3, 0.4) is 0 Å². The molecule has 0 aromatic rings. The van der Waals surface area contributed by atoms with E-state index in [2.05, 4.69) is 42.7 Å². The Bertz CT molecular complexity index is 158. The van der Waals surface area contributed by atoms with Gasteiger partial charge < -0.3 is 29.9 Å². The topological polar surface area (TPSA) is 34.1 Å². The van der Waals surface area contributed by atoms with Gasteiger partial charge in [-0.3, -0.25) is 0 Å². The van der Waals surface area contributed by atoms with Crippen molar-refractivity contribution in [2.24, 2.45) is 0 Å². The van der Waals surface area contributed by atoms with Crippen molar-refractivity contribution in [2.75, 3.05) is 0 Å². The summed E-state index contributed by atoms with van der Waals surface area (Å²) in [5, 5.41) is 0. The third-order valence-corrected chi connectivity index (χ3v) is 0.262. The quantitative estimate of drug-likeness (QED) is 0.396. The van der Waals surface area contributed by atoms with Gasteiger partial charge in [-0.15, -0.1) is 0 Å². The molecule has 2 nitrogen and oxygen atoms in total. The van der Waals surface area contributed by atoms with E-state index in [4.69, 9.17) is 9.59 Å². The van der Waals surface area contributed by atoms with Crippen LogP contribution in [-0.2, 0) is 75.0 Å². The van der Waals surface area contributed by atoms with E-state index in [1.807, 2.05) is 0 Å². The van der Waals surface area contributed by atoms with E-state index in [1.54, 1.807) is 0 Å². The van der Waals surface area contributed by atoms with E-state index < -0.39 is 0 Å². The Labute approximate surface area is 175 Å². The van der Waals surface area contributed by atoms with E-state index >= 15 is 0 Å². The van der Waals surface area contributed by atoms with Gasteiger partial charge in [0.15, 0.2) is 0 Å². The van der Waals surface area contributed by atoms with Crippen LogP contribution in [0.5, 0.6) is 0 Å². The Morgan fingerprint density at radius 1 is 0.842 bits per heavy atom. The van der Waals surface area contributed by atoms with Gasteiger partial charge in [0.1, 0.15) is 0 Å². The second-order valence-corrected chi connectivity index (χ2v) is 1.61. The molecule has 6 radical (unpaired) electrons. The molecule has 19 heavy (non-hydrogen) atoms. The van der Waals surface area contributed by atoms with Crippen LogP contribution in [0, 0.1) is 13.8 Å². The van der Waals surface area contributed by atoms with Gasteiger partial charge in [-0.2, -0.15) is 0 Å². The Hall–Kier alpha value is 1.16. The van der Waals surface area contributed by atoms with Crippen LogP contribution in [0.1, 0.15) is 36.1 Å². The van der Waals surface area contributed by atoms with Gasteiger partial charge in [0, 0.05) is 65.4 Å². The zero-order valence-corrected chi connectivity index (χ0v) is 14.3. The molecule has 0 aliphatic heterocycles. The molecule has 0 heterocycles. The fourth-order valence-electron chi connectivity index (χ4n) is 0. The van der Waals surface area contributed by atoms with Gasteiger partial charge >= 0.3 is 0 Å². The van der Waals surface area contributed by atoms with E-state index in [-0.39, 0.29) is 106 Å². The summed E-state index contributed by atoms with van der Waals surface area (Å²) in [5.41, 5.74) is -0.102. The second kappa shape index (κ2) is 61.2. The molecule has 0 aliphatic carbocycles. The molecule has 0 unspecified atom stereocenters. The van der Waals surface area contributed by atoms with Crippen LogP contribution in [0.15, 0.2) is 24.1 Å². The van der Waals surface area contributed by atoms with E-state index in [1.165, 1.54) is 12.6 Å². The molecule has 6 heteroatoms. The van der Waals surface area contributed by atoms with Crippen molar-refractivity contribution in [3.8, 4) is 0 Å². The minimum Gasteiger partial charge on any atom is -0.419 e. The summed E-state index contributed by atoms with van der Waals surface area (Å²) in [4.78, 5) is 18.3. The van der Waals surface area contributed by atoms with Crippen LogP contribution in [0.2, 0.25) is 0 Å². The zero-order valence-electron chi connectivity index (χ0n) is 8.66. The molecular formula is C13H26B2O2Y2-4. The van der Waals surface area contributed by atoms with Crippen molar-refractivity contribution in [2.45, 2.75) is 36.1 Å². The SMILES string of the molecule is C.C.C.C.[B]C(=C)[C-]=O.[B]C(=C)[C-]=O.[CH2-]C[CH2-].[Y].[Y]. The summed E-state index contributed by atoms with van der Waals surface area (Å²) in [6.45, 7) is 12.8. The van der Waals surface area contributed by atoms with Crippen molar-refractivity contribution < 1.29 is 75.0 Å². The molecule has 0 aromatic heterocycles. The normalized spacial score (nSPS) is 4.32. The first-order chi connectivity index (χ1) is 5.95. The van der Waals surface area contributed by atoms with Crippen LogP contribution in [0.4, 0.5) is 0 Å². The molecule has 0 spiro atoms. The maximum atomic E-state index is 9.16. The number of carbonyl (C=O) groups excluding carboxylic acids is 2. The minimum atomic E-state index is -0.0509. The first kappa shape index (κ1) is 59.4. The smallest absolute Gasteiger partial charge is 0.0664 e. The monoisotopic (exact) mass is 414 g/mol. The number of rotatable bonds is 2. The maximum Gasteiger partial charge on any atom is 0.0664 e.